The standard InChI is InChI=1S/C13H19N3O3/c1-9(15-12(18)19-13(2,3)4)11(17)16-10-6-5-7-14-8-10/h5-9H,1-4H3,(H,15,18)(H,16,17)/t9-/m1/s1. The fourth-order valence-corrected chi connectivity index (χ4v) is 1.24. The topological polar surface area (TPSA) is 80.3 Å². The van der Waals surface area contributed by atoms with E-state index in [4.69, 9.17) is 4.74 Å². The van der Waals surface area contributed by atoms with Crippen LogP contribution in [0.4, 0.5) is 10.5 Å². The molecule has 104 valence electrons. The van der Waals surface area contributed by atoms with Gasteiger partial charge in [0.05, 0.1) is 11.9 Å². The Morgan fingerprint density at radius 2 is 2.05 bits per heavy atom. The molecule has 1 aromatic heterocycles. The normalized spacial score (nSPS) is 12.4. The summed E-state index contributed by atoms with van der Waals surface area (Å²) < 4.78 is 5.07. The van der Waals surface area contributed by atoms with Gasteiger partial charge in [0.15, 0.2) is 0 Å². The van der Waals surface area contributed by atoms with Gasteiger partial charge in [-0.3, -0.25) is 9.78 Å². The smallest absolute Gasteiger partial charge is 0.408 e. The summed E-state index contributed by atoms with van der Waals surface area (Å²) in [7, 11) is 0. The zero-order valence-electron chi connectivity index (χ0n) is 11.6. The molecule has 0 saturated heterocycles. The first-order valence-corrected chi connectivity index (χ1v) is 5.98. The maximum Gasteiger partial charge on any atom is 0.408 e. The number of alkyl carbamates (subject to hydrolysis) is 1. The summed E-state index contributed by atoms with van der Waals surface area (Å²) in [5.41, 5.74) is -0.0192. The first-order chi connectivity index (χ1) is 8.78. The fraction of sp³-hybridized carbons (Fsp3) is 0.462. The van der Waals surface area contributed by atoms with Gasteiger partial charge >= 0.3 is 6.09 Å². The van der Waals surface area contributed by atoms with E-state index in [1.807, 2.05) is 0 Å². The highest BCUT2D eigenvalue weighted by atomic mass is 16.6. The molecule has 0 fully saturated rings. The van der Waals surface area contributed by atoms with Crippen LogP contribution in [0.25, 0.3) is 0 Å². The predicted molar refractivity (Wildman–Crippen MR) is 71.7 cm³/mol. The largest absolute Gasteiger partial charge is 0.444 e. The predicted octanol–water partition coefficient (Wildman–Crippen LogP) is 1.93. The SMILES string of the molecule is C[C@@H](NC(=O)OC(C)(C)C)C(=O)Nc1cccnc1. The lowest BCUT2D eigenvalue weighted by Gasteiger charge is -2.21. The van der Waals surface area contributed by atoms with Crippen LogP contribution >= 0.6 is 0 Å². The summed E-state index contributed by atoms with van der Waals surface area (Å²) >= 11 is 0. The third-order valence-corrected chi connectivity index (χ3v) is 2.06. The molecule has 1 atom stereocenters. The van der Waals surface area contributed by atoms with E-state index in [2.05, 4.69) is 15.6 Å². The van der Waals surface area contributed by atoms with Gasteiger partial charge in [0.25, 0.3) is 0 Å². The van der Waals surface area contributed by atoms with Crippen molar-refractivity contribution in [3.05, 3.63) is 24.5 Å². The Morgan fingerprint density at radius 1 is 1.37 bits per heavy atom. The third kappa shape index (κ3) is 5.85. The number of anilines is 1. The van der Waals surface area contributed by atoms with Gasteiger partial charge in [0.1, 0.15) is 11.6 Å². The highest BCUT2D eigenvalue weighted by molar-refractivity contribution is 5.96. The Kier molecular flexibility index (Phi) is 4.86. The van der Waals surface area contributed by atoms with E-state index in [0.29, 0.717) is 5.69 Å². The van der Waals surface area contributed by atoms with Crippen LogP contribution in [0.2, 0.25) is 0 Å². The monoisotopic (exact) mass is 265 g/mol. The molecule has 0 spiro atoms. The Morgan fingerprint density at radius 3 is 2.58 bits per heavy atom. The first kappa shape index (κ1) is 14.9. The number of nitrogens with one attached hydrogen (secondary N) is 2. The van der Waals surface area contributed by atoms with Crippen LogP contribution in [-0.2, 0) is 9.53 Å². The van der Waals surface area contributed by atoms with Gasteiger partial charge in [-0.25, -0.2) is 4.79 Å². The van der Waals surface area contributed by atoms with Crippen LogP contribution in [0.15, 0.2) is 24.5 Å². The van der Waals surface area contributed by atoms with Crippen molar-refractivity contribution in [2.45, 2.75) is 39.3 Å². The molecule has 0 aliphatic heterocycles. The van der Waals surface area contributed by atoms with Gasteiger partial charge in [-0.2, -0.15) is 0 Å². The Bertz CT molecular complexity index is 440. The number of aromatic nitrogens is 1. The second kappa shape index (κ2) is 6.17. The van der Waals surface area contributed by atoms with Gasteiger partial charge in [-0.05, 0) is 39.8 Å². The van der Waals surface area contributed by atoms with E-state index >= 15 is 0 Å². The highest BCUT2D eigenvalue weighted by Gasteiger charge is 2.20. The molecule has 6 nitrogen and oxygen atoms in total. The van der Waals surface area contributed by atoms with Crippen molar-refractivity contribution in [2.24, 2.45) is 0 Å². The molecule has 0 saturated carbocycles. The Labute approximate surface area is 112 Å². The number of nitrogens with zero attached hydrogens (tertiary/aromatic N) is 1. The number of hydrogen-bond donors (Lipinski definition) is 2. The number of pyridine rings is 1. The van der Waals surface area contributed by atoms with E-state index in [0.717, 1.165) is 0 Å². The third-order valence-electron chi connectivity index (χ3n) is 2.06. The molecule has 6 heteroatoms. The van der Waals surface area contributed by atoms with E-state index in [1.165, 1.54) is 6.20 Å². The summed E-state index contributed by atoms with van der Waals surface area (Å²) in [5, 5.41) is 5.10. The maximum atomic E-state index is 11.8. The molecule has 1 rings (SSSR count). The maximum absolute atomic E-state index is 11.8. The molecular formula is C13H19N3O3. The Balaban J connectivity index is 2.47. The van der Waals surface area contributed by atoms with E-state index < -0.39 is 17.7 Å². The lowest BCUT2D eigenvalue weighted by molar-refractivity contribution is -0.117. The number of ether oxygens (including phenoxy) is 1. The Hall–Kier alpha value is -2.11. The average molecular weight is 265 g/mol. The molecule has 0 bridgehead atoms. The van der Waals surface area contributed by atoms with Crippen LogP contribution in [0, 0.1) is 0 Å². The highest BCUT2D eigenvalue weighted by Crippen LogP contribution is 2.07. The molecule has 1 heterocycles. The summed E-state index contributed by atoms with van der Waals surface area (Å²) in [6.45, 7) is 6.85. The van der Waals surface area contributed by atoms with Crippen LogP contribution in [0.5, 0.6) is 0 Å². The lowest BCUT2D eigenvalue weighted by Crippen LogP contribution is -2.43. The minimum Gasteiger partial charge on any atom is -0.444 e. The molecule has 2 amide bonds. The first-order valence-electron chi connectivity index (χ1n) is 5.98. The van der Waals surface area contributed by atoms with Gasteiger partial charge in [-0.1, -0.05) is 0 Å². The van der Waals surface area contributed by atoms with Gasteiger partial charge < -0.3 is 15.4 Å². The summed E-state index contributed by atoms with van der Waals surface area (Å²) in [4.78, 5) is 27.2. The van der Waals surface area contributed by atoms with Crippen molar-refractivity contribution in [3.8, 4) is 0 Å². The van der Waals surface area contributed by atoms with Gasteiger partial charge in [0.2, 0.25) is 5.91 Å². The average Bonchev–Trinajstić information content (AvgIpc) is 2.27. The second-order valence-electron chi connectivity index (χ2n) is 5.10. The molecule has 1 aromatic rings. The summed E-state index contributed by atoms with van der Waals surface area (Å²) in [5.74, 6) is -0.334. The molecule has 19 heavy (non-hydrogen) atoms. The zero-order valence-corrected chi connectivity index (χ0v) is 11.6. The van der Waals surface area contributed by atoms with Crippen molar-refractivity contribution in [1.82, 2.24) is 10.3 Å². The fourth-order valence-electron chi connectivity index (χ4n) is 1.24. The van der Waals surface area contributed by atoms with E-state index in [1.54, 1.807) is 46.0 Å². The number of rotatable bonds is 3. The minimum absolute atomic E-state index is 0.334. The van der Waals surface area contributed by atoms with Crippen molar-refractivity contribution >= 4 is 17.7 Å². The second-order valence-corrected chi connectivity index (χ2v) is 5.10. The number of hydrogen-bond acceptors (Lipinski definition) is 4. The van der Waals surface area contributed by atoms with Crippen molar-refractivity contribution in [2.75, 3.05) is 5.32 Å². The summed E-state index contributed by atoms with van der Waals surface area (Å²) in [6.07, 6.45) is 2.51. The number of amides is 2. The molecule has 0 aromatic carbocycles. The minimum atomic E-state index is -0.699. The molecule has 2 N–H and O–H groups in total. The van der Waals surface area contributed by atoms with Crippen LogP contribution in [0.3, 0.4) is 0 Å². The lowest BCUT2D eigenvalue weighted by atomic mass is 10.2. The molecule has 0 aliphatic rings. The van der Waals surface area contributed by atoms with Crippen LogP contribution in [0.1, 0.15) is 27.7 Å². The number of carbonyl (C=O) groups excluding carboxylic acids is 2. The van der Waals surface area contributed by atoms with Crippen molar-refractivity contribution in [3.63, 3.8) is 0 Å². The molecular weight excluding hydrogens is 246 g/mol. The quantitative estimate of drug-likeness (QED) is 0.875. The van der Waals surface area contributed by atoms with Gasteiger partial charge in [0, 0.05) is 6.20 Å². The van der Waals surface area contributed by atoms with Crippen LogP contribution in [-0.4, -0.2) is 28.6 Å². The molecule has 0 radical (unpaired) electrons. The van der Waals surface area contributed by atoms with E-state index in [9.17, 15) is 9.59 Å². The van der Waals surface area contributed by atoms with Gasteiger partial charge in [-0.15, -0.1) is 0 Å². The summed E-state index contributed by atoms with van der Waals surface area (Å²) in [6, 6.07) is 2.72. The molecule has 0 unspecified atom stereocenters. The zero-order chi connectivity index (χ0) is 14.5. The molecule has 0 aliphatic carbocycles. The number of carbonyl (C=O) groups is 2. The van der Waals surface area contributed by atoms with Crippen molar-refractivity contribution in [1.29, 1.82) is 0 Å². The van der Waals surface area contributed by atoms with E-state index in [-0.39, 0.29) is 5.91 Å². The van der Waals surface area contributed by atoms with Crippen LogP contribution < -0.4 is 10.6 Å². The van der Waals surface area contributed by atoms with Crippen molar-refractivity contribution < 1.29 is 14.3 Å².